The van der Waals surface area contributed by atoms with Gasteiger partial charge in [-0.05, 0) is 37.1 Å². The Morgan fingerprint density at radius 3 is 2.48 bits per heavy atom. The Kier molecular flexibility index (Phi) is 5.52. The Hall–Kier alpha value is -2.78. The van der Waals surface area contributed by atoms with E-state index in [1.807, 2.05) is 38.1 Å². The summed E-state index contributed by atoms with van der Waals surface area (Å²) < 4.78 is 27.4. The van der Waals surface area contributed by atoms with Crippen molar-refractivity contribution < 1.29 is 13.2 Å². The normalized spacial score (nSPS) is 11.2. The SMILES string of the molecule is CCc1ccccc1NS(=O)(=O)c1nnc(NC(=O)c2ccc(C)cc2)s1. The van der Waals surface area contributed by atoms with E-state index in [2.05, 4.69) is 20.2 Å². The number of nitrogens with zero attached hydrogens (tertiary/aromatic N) is 2. The van der Waals surface area contributed by atoms with E-state index in [4.69, 9.17) is 0 Å². The van der Waals surface area contributed by atoms with Gasteiger partial charge in [0.15, 0.2) is 0 Å². The highest BCUT2D eigenvalue weighted by Gasteiger charge is 2.22. The predicted molar refractivity (Wildman–Crippen MR) is 106 cm³/mol. The molecule has 0 saturated heterocycles. The molecular weight excluding hydrogens is 384 g/mol. The first-order valence-electron chi connectivity index (χ1n) is 8.21. The molecule has 0 unspecified atom stereocenters. The molecule has 0 aliphatic carbocycles. The van der Waals surface area contributed by atoms with Crippen molar-refractivity contribution in [2.45, 2.75) is 24.6 Å². The van der Waals surface area contributed by atoms with Crippen LogP contribution in [0.1, 0.15) is 28.4 Å². The number of carbonyl (C=O) groups excluding carboxylic acids is 1. The van der Waals surface area contributed by atoms with Crippen LogP contribution in [0.3, 0.4) is 0 Å². The summed E-state index contributed by atoms with van der Waals surface area (Å²) in [6, 6.07) is 14.2. The minimum Gasteiger partial charge on any atom is -0.296 e. The van der Waals surface area contributed by atoms with Crippen molar-refractivity contribution >= 4 is 38.1 Å². The number of aryl methyl sites for hydroxylation is 2. The van der Waals surface area contributed by atoms with Crippen LogP contribution in [-0.4, -0.2) is 24.5 Å². The number of rotatable bonds is 6. The number of amides is 1. The molecule has 0 atom stereocenters. The molecule has 3 rings (SSSR count). The van der Waals surface area contributed by atoms with Crippen LogP contribution in [0, 0.1) is 6.92 Å². The van der Waals surface area contributed by atoms with E-state index >= 15 is 0 Å². The van der Waals surface area contributed by atoms with Gasteiger partial charge in [0.25, 0.3) is 20.3 Å². The number of hydrogen-bond acceptors (Lipinski definition) is 6. The summed E-state index contributed by atoms with van der Waals surface area (Å²) in [5, 5.41) is 10.2. The van der Waals surface area contributed by atoms with Crippen molar-refractivity contribution in [1.29, 1.82) is 0 Å². The fraction of sp³-hybridized carbons (Fsp3) is 0.167. The molecule has 2 aromatic carbocycles. The average molecular weight is 403 g/mol. The third kappa shape index (κ3) is 4.50. The topological polar surface area (TPSA) is 101 Å². The summed E-state index contributed by atoms with van der Waals surface area (Å²) >= 11 is 0.794. The smallest absolute Gasteiger partial charge is 0.291 e. The molecule has 3 aromatic rings. The highest BCUT2D eigenvalue weighted by molar-refractivity contribution is 7.94. The second-order valence-corrected chi connectivity index (χ2v) is 8.64. The maximum Gasteiger partial charge on any atom is 0.291 e. The van der Waals surface area contributed by atoms with Crippen molar-refractivity contribution in [3.05, 3.63) is 65.2 Å². The fourth-order valence-corrected chi connectivity index (χ4v) is 4.36. The van der Waals surface area contributed by atoms with Gasteiger partial charge in [-0.1, -0.05) is 54.2 Å². The Bertz CT molecular complexity index is 1060. The van der Waals surface area contributed by atoms with Gasteiger partial charge in [-0.15, -0.1) is 10.2 Å². The molecule has 7 nitrogen and oxygen atoms in total. The molecule has 0 aliphatic heterocycles. The van der Waals surface area contributed by atoms with Crippen LogP contribution < -0.4 is 10.0 Å². The standard InChI is InChI=1S/C18H18N4O3S2/c1-3-13-6-4-5-7-15(13)22-27(24,25)18-21-20-17(26-18)19-16(23)14-10-8-12(2)9-11-14/h4-11,22H,3H2,1-2H3,(H,19,20,23). The molecule has 9 heteroatoms. The molecular formula is C18H18N4O3S2. The van der Waals surface area contributed by atoms with Crippen molar-refractivity contribution in [3.63, 3.8) is 0 Å². The lowest BCUT2D eigenvalue weighted by atomic mass is 10.1. The van der Waals surface area contributed by atoms with Crippen LogP contribution in [-0.2, 0) is 16.4 Å². The lowest BCUT2D eigenvalue weighted by Gasteiger charge is -2.09. The van der Waals surface area contributed by atoms with E-state index in [1.54, 1.807) is 24.3 Å². The summed E-state index contributed by atoms with van der Waals surface area (Å²) in [5.74, 6) is -0.376. The lowest BCUT2D eigenvalue weighted by Crippen LogP contribution is -2.14. The van der Waals surface area contributed by atoms with Crippen LogP contribution in [0.4, 0.5) is 10.8 Å². The van der Waals surface area contributed by atoms with Gasteiger partial charge in [-0.25, -0.2) is 0 Å². The van der Waals surface area contributed by atoms with Gasteiger partial charge in [-0.3, -0.25) is 14.8 Å². The maximum absolute atomic E-state index is 12.6. The van der Waals surface area contributed by atoms with E-state index < -0.39 is 10.0 Å². The van der Waals surface area contributed by atoms with Gasteiger partial charge < -0.3 is 0 Å². The third-order valence-corrected chi connectivity index (χ3v) is 6.38. The highest BCUT2D eigenvalue weighted by Crippen LogP contribution is 2.24. The van der Waals surface area contributed by atoms with E-state index in [1.165, 1.54) is 0 Å². The van der Waals surface area contributed by atoms with E-state index in [-0.39, 0.29) is 15.4 Å². The largest absolute Gasteiger partial charge is 0.296 e. The van der Waals surface area contributed by atoms with Crippen molar-refractivity contribution in [2.24, 2.45) is 0 Å². The van der Waals surface area contributed by atoms with Crippen LogP contribution in [0.25, 0.3) is 0 Å². The Labute approximate surface area is 161 Å². The predicted octanol–water partition coefficient (Wildman–Crippen LogP) is 3.46. The second kappa shape index (κ2) is 7.85. The number of carbonyl (C=O) groups is 1. The molecule has 140 valence electrons. The number of benzene rings is 2. The van der Waals surface area contributed by atoms with E-state index in [0.717, 1.165) is 22.5 Å². The Morgan fingerprint density at radius 2 is 1.78 bits per heavy atom. The maximum atomic E-state index is 12.6. The van der Waals surface area contributed by atoms with Crippen molar-refractivity contribution in [1.82, 2.24) is 10.2 Å². The molecule has 1 heterocycles. The second-order valence-electron chi connectivity index (χ2n) is 5.81. The Balaban J connectivity index is 1.76. The molecule has 0 saturated carbocycles. The number of sulfonamides is 1. The lowest BCUT2D eigenvalue weighted by molar-refractivity contribution is 0.102. The van der Waals surface area contributed by atoms with Crippen LogP contribution >= 0.6 is 11.3 Å². The number of nitrogens with one attached hydrogen (secondary N) is 2. The number of aromatic nitrogens is 2. The minimum absolute atomic E-state index is 0.115. The first-order valence-corrected chi connectivity index (χ1v) is 10.5. The van der Waals surface area contributed by atoms with Gasteiger partial charge in [0.1, 0.15) is 0 Å². The molecule has 0 fully saturated rings. The first-order chi connectivity index (χ1) is 12.9. The van der Waals surface area contributed by atoms with Crippen LogP contribution in [0.15, 0.2) is 52.9 Å². The van der Waals surface area contributed by atoms with Gasteiger partial charge >= 0.3 is 0 Å². The summed E-state index contributed by atoms with van der Waals surface area (Å²) in [6.45, 7) is 3.87. The number of anilines is 2. The van der Waals surface area contributed by atoms with Crippen molar-refractivity contribution in [3.8, 4) is 0 Å². The summed E-state index contributed by atoms with van der Waals surface area (Å²) in [6.07, 6.45) is 0.687. The van der Waals surface area contributed by atoms with E-state index in [9.17, 15) is 13.2 Å². The summed E-state index contributed by atoms with van der Waals surface area (Å²) in [7, 11) is -3.89. The molecule has 0 radical (unpaired) electrons. The molecule has 2 N–H and O–H groups in total. The zero-order valence-corrected chi connectivity index (χ0v) is 16.4. The molecule has 0 bridgehead atoms. The minimum atomic E-state index is -3.89. The zero-order valence-electron chi connectivity index (χ0n) is 14.8. The van der Waals surface area contributed by atoms with E-state index in [0.29, 0.717) is 17.7 Å². The van der Waals surface area contributed by atoms with Gasteiger partial charge in [0, 0.05) is 5.56 Å². The molecule has 1 amide bonds. The van der Waals surface area contributed by atoms with Crippen LogP contribution in [0.5, 0.6) is 0 Å². The summed E-state index contributed by atoms with van der Waals surface area (Å²) in [5.41, 5.74) is 2.86. The van der Waals surface area contributed by atoms with Crippen molar-refractivity contribution in [2.75, 3.05) is 10.0 Å². The monoisotopic (exact) mass is 402 g/mol. The highest BCUT2D eigenvalue weighted by atomic mass is 32.2. The van der Waals surface area contributed by atoms with Gasteiger partial charge in [0.05, 0.1) is 5.69 Å². The molecule has 0 aliphatic rings. The zero-order chi connectivity index (χ0) is 19.4. The number of para-hydroxylation sites is 1. The molecule has 27 heavy (non-hydrogen) atoms. The average Bonchev–Trinajstić information content (AvgIpc) is 3.12. The molecule has 1 aromatic heterocycles. The van der Waals surface area contributed by atoms with Gasteiger partial charge in [0.2, 0.25) is 5.13 Å². The van der Waals surface area contributed by atoms with Crippen LogP contribution in [0.2, 0.25) is 0 Å². The number of hydrogen-bond donors (Lipinski definition) is 2. The quantitative estimate of drug-likeness (QED) is 0.615. The first kappa shape index (κ1) is 19.0. The summed E-state index contributed by atoms with van der Waals surface area (Å²) in [4.78, 5) is 12.2. The molecule has 0 spiro atoms. The third-order valence-electron chi connectivity index (χ3n) is 3.81. The fourth-order valence-electron chi connectivity index (χ4n) is 2.36. The van der Waals surface area contributed by atoms with Gasteiger partial charge in [-0.2, -0.15) is 8.42 Å². The Morgan fingerprint density at radius 1 is 1.07 bits per heavy atom.